The van der Waals surface area contributed by atoms with Crippen LogP contribution in [0, 0.1) is 11.3 Å². The molecule has 2 N–H and O–H groups in total. The maximum Gasteiger partial charge on any atom is 0.170 e. The lowest BCUT2D eigenvalue weighted by molar-refractivity contribution is 0.990. The summed E-state index contributed by atoms with van der Waals surface area (Å²) in [7, 11) is 0. The van der Waals surface area contributed by atoms with Gasteiger partial charge in [0.15, 0.2) is 5.11 Å². The maximum atomic E-state index is 8.66. The molecule has 2 rings (SSSR count). The molecule has 0 heterocycles. The summed E-state index contributed by atoms with van der Waals surface area (Å²) in [6.45, 7) is 0.795. The molecule has 0 aliphatic carbocycles. The van der Waals surface area contributed by atoms with E-state index in [-0.39, 0.29) is 0 Å². The predicted octanol–water partition coefficient (Wildman–Crippen LogP) is 4.63. The van der Waals surface area contributed by atoms with Crippen molar-refractivity contribution in [3.63, 3.8) is 0 Å². The molecule has 0 radical (unpaired) electrons. The van der Waals surface area contributed by atoms with Gasteiger partial charge in [0.25, 0.3) is 0 Å². The number of thioether (sulfide) groups is 1. The quantitative estimate of drug-likeness (QED) is 0.546. The molecule has 0 aromatic heterocycles. The van der Waals surface area contributed by atoms with Gasteiger partial charge in [-0.25, -0.2) is 0 Å². The molecule has 0 unspecified atom stereocenters. The van der Waals surface area contributed by atoms with Crippen LogP contribution in [0.15, 0.2) is 48.5 Å². The Morgan fingerprint density at radius 1 is 1.17 bits per heavy atom. The SMILES string of the molecule is N#CCc1ccc(NC(=S)NCCSCc2cccc(Cl)c2)cc1. The molecular weight excluding hydrogens is 358 g/mol. The molecule has 2 aromatic rings. The molecule has 0 saturated heterocycles. The molecule has 124 valence electrons. The minimum atomic E-state index is 0.423. The van der Waals surface area contributed by atoms with E-state index in [0.29, 0.717) is 11.5 Å². The Morgan fingerprint density at radius 3 is 2.67 bits per heavy atom. The van der Waals surface area contributed by atoms with Crippen molar-refractivity contribution in [2.24, 2.45) is 0 Å². The number of nitrogens with one attached hydrogen (secondary N) is 2. The van der Waals surface area contributed by atoms with Gasteiger partial charge in [0.2, 0.25) is 0 Å². The van der Waals surface area contributed by atoms with Crippen LogP contribution >= 0.6 is 35.6 Å². The molecule has 0 aliphatic rings. The van der Waals surface area contributed by atoms with Crippen LogP contribution in [-0.4, -0.2) is 17.4 Å². The van der Waals surface area contributed by atoms with Crippen LogP contribution in [0.2, 0.25) is 5.02 Å². The van der Waals surface area contributed by atoms with Crippen LogP contribution in [0.5, 0.6) is 0 Å². The fourth-order valence-electron chi connectivity index (χ4n) is 2.03. The molecule has 24 heavy (non-hydrogen) atoms. The van der Waals surface area contributed by atoms with Gasteiger partial charge in [-0.2, -0.15) is 17.0 Å². The molecule has 3 nitrogen and oxygen atoms in total. The van der Waals surface area contributed by atoms with Crippen molar-refractivity contribution in [1.82, 2.24) is 5.32 Å². The number of thiocarbonyl (C=S) groups is 1. The molecule has 0 amide bonds. The first-order chi connectivity index (χ1) is 11.7. The Balaban J connectivity index is 1.63. The summed E-state index contributed by atoms with van der Waals surface area (Å²) < 4.78 is 0. The number of rotatable bonds is 7. The number of hydrogen-bond acceptors (Lipinski definition) is 3. The van der Waals surface area contributed by atoms with Crippen molar-refractivity contribution in [3.8, 4) is 6.07 Å². The molecule has 0 aliphatic heterocycles. The lowest BCUT2D eigenvalue weighted by Gasteiger charge is -2.10. The number of halogens is 1. The summed E-state index contributed by atoms with van der Waals surface area (Å²) in [6.07, 6.45) is 0.423. The van der Waals surface area contributed by atoms with Gasteiger partial charge in [0.1, 0.15) is 0 Å². The highest BCUT2D eigenvalue weighted by Crippen LogP contribution is 2.16. The van der Waals surface area contributed by atoms with Crippen molar-refractivity contribution in [1.29, 1.82) is 5.26 Å². The Morgan fingerprint density at radius 2 is 1.96 bits per heavy atom. The second-order valence-corrected chi connectivity index (χ2v) is 7.05. The van der Waals surface area contributed by atoms with Gasteiger partial charge in [-0.05, 0) is 47.6 Å². The normalized spacial score (nSPS) is 10.0. The molecular formula is C18H18ClN3S2. The van der Waals surface area contributed by atoms with Crippen LogP contribution in [0.3, 0.4) is 0 Å². The summed E-state index contributed by atoms with van der Waals surface area (Å²) in [5.41, 5.74) is 3.14. The smallest absolute Gasteiger partial charge is 0.170 e. The fraction of sp³-hybridized carbons (Fsp3) is 0.222. The van der Waals surface area contributed by atoms with Crippen LogP contribution in [-0.2, 0) is 12.2 Å². The summed E-state index contributed by atoms with van der Waals surface area (Å²) >= 11 is 13.1. The van der Waals surface area contributed by atoms with Gasteiger partial charge in [-0.15, -0.1) is 0 Å². The fourth-order valence-corrected chi connectivity index (χ4v) is 3.26. The zero-order chi connectivity index (χ0) is 17.2. The zero-order valence-electron chi connectivity index (χ0n) is 13.1. The van der Waals surface area contributed by atoms with E-state index in [1.54, 1.807) is 0 Å². The first-order valence-corrected chi connectivity index (χ1v) is 9.44. The van der Waals surface area contributed by atoms with Crippen molar-refractivity contribution >= 4 is 46.4 Å². The van der Waals surface area contributed by atoms with E-state index in [9.17, 15) is 0 Å². The van der Waals surface area contributed by atoms with Crippen LogP contribution in [0.4, 0.5) is 5.69 Å². The second-order valence-electron chi connectivity index (χ2n) is 5.10. The molecule has 0 atom stereocenters. The number of hydrogen-bond donors (Lipinski definition) is 2. The monoisotopic (exact) mass is 375 g/mol. The summed E-state index contributed by atoms with van der Waals surface area (Å²) in [5, 5.41) is 16.4. The molecule has 2 aromatic carbocycles. The van der Waals surface area contributed by atoms with E-state index in [2.05, 4.69) is 22.8 Å². The summed E-state index contributed by atoms with van der Waals surface area (Å²) in [4.78, 5) is 0. The number of nitriles is 1. The molecule has 0 bridgehead atoms. The van der Waals surface area contributed by atoms with Gasteiger partial charge in [-0.1, -0.05) is 35.9 Å². The van der Waals surface area contributed by atoms with Gasteiger partial charge < -0.3 is 10.6 Å². The highest BCUT2D eigenvalue weighted by molar-refractivity contribution is 7.98. The number of anilines is 1. The van der Waals surface area contributed by atoms with Crippen LogP contribution in [0.25, 0.3) is 0 Å². The van der Waals surface area contributed by atoms with Crippen LogP contribution in [0.1, 0.15) is 11.1 Å². The number of nitrogens with zero attached hydrogens (tertiary/aromatic N) is 1. The third-order valence-electron chi connectivity index (χ3n) is 3.18. The van der Waals surface area contributed by atoms with Gasteiger partial charge >= 0.3 is 0 Å². The Kier molecular flexibility index (Phi) is 7.90. The van der Waals surface area contributed by atoms with Crippen molar-refractivity contribution in [3.05, 3.63) is 64.7 Å². The minimum absolute atomic E-state index is 0.423. The van der Waals surface area contributed by atoms with E-state index >= 15 is 0 Å². The van der Waals surface area contributed by atoms with Gasteiger partial charge in [0, 0.05) is 28.8 Å². The third kappa shape index (κ3) is 6.79. The Hall–Kier alpha value is -1.74. The highest BCUT2D eigenvalue weighted by Gasteiger charge is 1.99. The number of benzene rings is 2. The first-order valence-electron chi connectivity index (χ1n) is 7.50. The van der Waals surface area contributed by atoms with E-state index < -0.39 is 0 Å². The maximum absolute atomic E-state index is 8.66. The first kappa shape index (κ1) is 18.6. The third-order valence-corrected chi connectivity index (χ3v) is 4.70. The standard InChI is InChI=1S/C18H18ClN3S2/c19-16-3-1-2-15(12-16)13-24-11-10-21-18(23)22-17-6-4-14(5-7-17)8-9-20/h1-7,12H,8,10-11,13H2,(H2,21,22,23). The van der Waals surface area contributed by atoms with Crippen LogP contribution < -0.4 is 10.6 Å². The van der Waals surface area contributed by atoms with E-state index in [4.69, 9.17) is 29.1 Å². The van der Waals surface area contributed by atoms with Gasteiger partial charge in [0.05, 0.1) is 12.5 Å². The summed E-state index contributed by atoms with van der Waals surface area (Å²) in [6, 6.07) is 17.8. The molecule has 0 saturated carbocycles. The van der Waals surface area contributed by atoms with Gasteiger partial charge in [-0.3, -0.25) is 0 Å². The average molecular weight is 376 g/mol. The lowest BCUT2D eigenvalue weighted by Crippen LogP contribution is -2.30. The topological polar surface area (TPSA) is 47.9 Å². The minimum Gasteiger partial charge on any atom is -0.362 e. The van der Waals surface area contributed by atoms with Crippen molar-refractivity contribution < 1.29 is 0 Å². The molecule has 0 spiro atoms. The molecule has 0 fully saturated rings. The molecule has 6 heteroatoms. The Bertz CT molecular complexity index is 711. The highest BCUT2D eigenvalue weighted by atomic mass is 35.5. The zero-order valence-corrected chi connectivity index (χ0v) is 15.5. The lowest BCUT2D eigenvalue weighted by atomic mass is 10.1. The predicted molar refractivity (Wildman–Crippen MR) is 108 cm³/mol. The summed E-state index contributed by atoms with van der Waals surface area (Å²) in [5.74, 6) is 1.89. The van der Waals surface area contributed by atoms with Crippen molar-refractivity contribution in [2.75, 3.05) is 17.6 Å². The van der Waals surface area contributed by atoms with E-state index in [1.165, 1.54) is 5.56 Å². The largest absolute Gasteiger partial charge is 0.362 e. The van der Waals surface area contributed by atoms with E-state index in [1.807, 2.05) is 54.2 Å². The second kappa shape index (κ2) is 10.2. The average Bonchev–Trinajstić information content (AvgIpc) is 2.57. The van der Waals surface area contributed by atoms with E-state index in [0.717, 1.165) is 34.3 Å². The van der Waals surface area contributed by atoms with Crippen molar-refractivity contribution in [2.45, 2.75) is 12.2 Å². The Labute approximate surface area is 157 Å².